The molecule has 3 aromatic rings. The lowest BCUT2D eigenvalue weighted by Crippen LogP contribution is -2.24. The molecule has 0 radical (unpaired) electrons. The van der Waals surface area contributed by atoms with Crippen LogP contribution in [0.1, 0.15) is 27.2 Å². The topological polar surface area (TPSA) is 79.5 Å². The molecule has 0 saturated carbocycles. The van der Waals surface area contributed by atoms with Gasteiger partial charge in [0.2, 0.25) is 10.0 Å². The molecular formula is C17H16ClNO4S2. The Morgan fingerprint density at radius 2 is 1.96 bits per heavy atom. The lowest BCUT2D eigenvalue weighted by molar-refractivity contribution is 0.193. The number of benzene rings is 1. The van der Waals surface area contributed by atoms with Crippen LogP contribution in [0.25, 0.3) is 0 Å². The molecule has 3 rings (SSSR count). The molecule has 0 aliphatic rings. The van der Waals surface area contributed by atoms with Crippen LogP contribution in [0.4, 0.5) is 0 Å². The van der Waals surface area contributed by atoms with Gasteiger partial charge in [0.05, 0.1) is 12.0 Å². The van der Waals surface area contributed by atoms with Gasteiger partial charge in [-0.3, -0.25) is 0 Å². The van der Waals surface area contributed by atoms with E-state index in [1.807, 2.05) is 0 Å². The Hall–Kier alpha value is -1.64. The standard InChI is InChI=1S/C17H16ClNO4S2/c18-14-5-2-1-4-12(14)11-25(21,22)19-10-13-7-8-16(24-13)17(20)15-6-3-9-23-15/h1-9,17,19-20H,10-11H2. The quantitative estimate of drug-likeness (QED) is 0.637. The summed E-state index contributed by atoms with van der Waals surface area (Å²) < 4.78 is 32.2. The first-order valence-electron chi connectivity index (χ1n) is 7.45. The molecule has 0 aliphatic heterocycles. The summed E-state index contributed by atoms with van der Waals surface area (Å²) in [4.78, 5) is 1.48. The van der Waals surface area contributed by atoms with Crippen molar-refractivity contribution >= 4 is 33.0 Å². The van der Waals surface area contributed by atoms with Gasteiger partial charge in [-0.2, -0.15) is 0 Å². The average molecular weight is 398 g/mol. The van der Waals surface area contributed by atoms with E-state index in [-0.39, 0.29) is 12.3 Å². The molecule has 0 spiro atoms. The SMILES string of the molecule is O=S(=O)(Cc1ccccc1Cl)NCc1ccc(C(O)c2ccco2)s1. The first-order valence-corrected chi connectivity index (χ1v) is 10.3. The minimum atomic E-state index is -3.52. The maximum Gasteiger partial charge on any atom is 0.216 e. The molecule has 0 fully saturated rings. The fourth-order valence-electron chi connectivity index (χ4n) is 2.28. The molecule has 8 heteroatoms. The second-order valence-corrected chi connectivity index (χ2v) is 8.81. The molecule has 2 aromatic heterocycles. The Morgan fingerprint density at radius 1 is 1.16 bits per heavy atom. The Bertz CT molecular complexity index is 935. The Morgan fingerprint density at radius 3 is 2.68 bits per heavy atom. The number of nitrogens with one attached hydrogen (secondary N) is 1. The predicted octanol–water partition coefficient (Wildman–Crippen LogP) is 3.70. The van der Waals surface area contributed by atoms with E-state index in [4.69, 9.17) is 16.0 Å². The summed E-state index contributed by atoms with van der Waals surface area (Å²) in [5, 5.41) is 10.6. The van der Waals surface area contributed by atoms with Crippen molar-refractivity contribution in [2.24, 2.45) is 0 Å². The fraction of sp³-hybridized carbons (Fsp3) is 0.176. The van der Waals surface area contributed by atoms with Gasteiger partial charge < -0.3 is 9.52 Å². The van der Waals surface area contributed by atoms with Crippen molar-refractivity contribution in [1.29, 1.82) is 0 Å². The number of hydrogen-bond donors (Lipinski definition) is 2. The van der Waals surface area contributed by atoms with Crippen LogP contribution in [0.15, 0.2) is 59.2 Å². The van der Waals surface area contributed by atoms with Crippen LogP contribution >= 0.6 is 22.9 Å². The molecule has 5 nitrogen and oxygen atoms in total. The van der Waals surface area contributed by atoms with Crippen molar-refractivity contribution in [1.82, 2.24) is 4.72 Å². The number of thiophene rings is 1. The molecular weight excluding hydrogens is 382 g/mol. The monoisotopic (exact) mass is 397 g/mol. The minimum absolute atomic E-state index is 0.155. The van der Waals surface area contributed by atoms with Crippen molar-refractivity contribution in [3.05, 3.63) is 80.9 Å². The highest BCUT2D eigenvalue weighted by atomic mass is 35.5. The van der Waals surface area contributed by atoms with Gasteiger partial charge in [-0.25, -0.2) is 13.1 Å². The highest BCUT2D eigenvalue weighted by Gasteiger charge is 2.17. The molecule has 132 valence electrons. The molecule has 1 atom stereocenters. The maximum absolute atomic E-state index is 12.2. The zero-order valence-corrected chi connectivity index (χ0v) is 15.4. The lowest BCUT2D eigenvalue weighted by atomic mass is 10.2. The zero-order chi connectivity index (χ0) is 17.9. The highest BCUT2D eigenvalue weighted by Crippen LogP contribution is 2.28. The van der Waals surface area contributed by atoms with E-state index in [0.717, 1.165) is 4.88 Å². The number of aliphatic hydroxyl groups is 1. The third-order valence-electron chi connectivity index (χ3n) is 3.53. The summed E-state index contributed by atoms with van der Waals surface area (Å²) in [6.45, 7) is 0.155. The van der Waals surface area contributed by atoms with Crippen LogP contribution in [-0.2, 0) is 22.3 Å². The van der Waals surface area contributed by atoms with Gasteiger partial charge in [-0.15, -0.1) is 11.3 Å². The van der Waals surface area contributed by atoms with Crippen molar-refractivity contribution in [2.75, 3.05) is 0 Å². The number of halogens is 1. The average Bonchev–Trinajstić information content (AvgIpc) is 3.26. The Labute approximate surface area is 154 Å². The summed E-state index contributed by atoms with van der Waals surface area (Å²) in [6, 6.07) is 13.8. The molecule has 1 aromatic carbocycles. The Balaban J connectivity index is 1.63. The van der Waals surface area contributed by atoms with Crippen LogP contribution in [0.3, 0.4) is 0 Å². The molecule has 0 aliphatic carbocycles. The predicted molar refractivity (Wildman–Crippen MR) is 98.0 cm³/mol. The van der Waals surface area contributed by atoms with Gasteiger partial charge in [0.25, 0.3) is 0 Å². The lowest BCUT2D eigenvalue weighted by Gasteiger charge is -2.07. The van der Waals surface area contributed by atoms with Gasteiger partial charge in [-0.1, -0.05) is 29.8 Å². The largest absolute Gasteiger partial charge is 0.466 e. The van der Waals surface area contributed by atoms with Crippen molar-refractivity contribution < 1.29 is 17.9 Å². The molecule has 1 unspecified atom stereocenters. The van der Waals surface area contributed by atoms with E-state index in [2.05, 4.69) is 4.72 Å². The van der Waals surface area contributed by atoms with E-state index in [1.165, 1.54) is 17.6 Å². The Kier molecular flexibility index (Phi) is 5.61. The molecule has 2 N–H and O–H groups in total. The third kappa shape index (κ3) is 4.71. The molecule has 0 bridgehead atoms. The van der Waals surface area contributed by atoms with Crippen molar-refractivity contribution in [2.45, 2.75) is 18.4 Å². The molecule has 0 saturated heterocycles. The smallest absolute Gasteiger partial charge is 0.216 e. The van der Waals surface area contributed by atoms with E-state index in [1.54, 1.807) is 48.5 Å². The normalized spacial score (nSPS) is 13.0. The maximum atomic E-state index is 12.2. The van der Waals surface area contributed by atoms with E-state index in [9.17, 15) is 13.5 Å². The fourth-order valence-corrected chi connectivity index (χ4v) is 4.73. The number of furan rings is 1. The first kappa shape index (κ1) is 18.2. The third-order valence-corrected chi connectivity index (χ3v) is 6.32. The van der Waals surface area contributed by atoms with Gasteiger partial charge in [0, 0.05) is 21.3 Å². The molecule has 0 amide bonds. The van der Waals surface area contributed by atoms with Gasteiger partial charge in [0.15, 0.2) is 0 Å². The zero-order valence-electron chi connectivity index (χ0n) is 13.1. The number of hydrogen-bond acceptors (Lipinski definition) is 5. The van der Waals surface area contributed by atoms with Crippen LogP contribution in [-0.4, -0.2) is 13.5 Å². The van der Waals surface area contributed by atoms with Gasteiger partial charge in [0.1, 0.15) is 11.9 Å². The second-order valence-electron chi connectivity index (χ2n) is 5.39. The highest BCUT2D eigenvalue weighted by molar-refractivity contribution is 7.88. The van der Waals surface area contributed by atoms with E-state index < -0.39 is 16.1 Å². The summed E-state index contributed by atoms with van der Waals surface area (Å²) >= 11 is 7.33. The van der Waals surface area contributed by atoms with Gasteiger partial charge >= 0.3 is 0 Å². The molecule has 2 heterocycles. The van der Waals surface area contributed by atoms with E-state index >= 15 is 0 Å². The van der Waals surface area contributed by atoms with Crippen LogP contribution in [0.5, 0.6) is 0 Å². The minimum Gasteiger partial charge on any atom is -0.466 e. The van der Waals surface area contributed by atoms with Crippen molar-refractivity contribution in [3.8, 4) is 0 Å². The van der Waals surface area contributed by atoms with Crippen LogP contribution < -0.4 is 4.72 Å². The van der Waals surface area contributed by atoms with Crippen LogP contribution in [0, 0.1) is 0 Å². The van der Waals surface area contributed by atoms with Crippen molar-refractivity contribution in [3.63, 3.8) is 0 Å². The van der Waals surface area contributed by atoms with Crippen LogP contribution in [0.2, 0.25) is 5.02 Å². The molecule has 25 heavy (non-hydrogen) atoms. The summed E-state index contributed by atoms with van der Waals surface area (Å²) in [5.74, 6) is 0.271. The van der Waals surface area contributed by atoms with E-state index in [0.29, 0.717) is 21.2 Å². The number of aliphatic hydroxyl groups excluding tert-OH is 1. The number of rotatable bonds is 7. The summed E-state index contributed by atoms with van der Waals surface area (Å²) in [7, 11) is -3.52. The second kappa shape index (κ2) is 7.72. The number of sulfonamides is 1. The summed E-state index contributed by atoms with van der Waals surface area (Å²) in [5.41, 5.74) is 0.553. The first-order chi connectivity index (χ1) is 11.9. The summed E-state index contributed by atoms with van der Waals surface area (Å²) in [6.07, 6.45) is 0.643. The van der Waals surface area contributed by atoms with Gasteiger partial charge in [-0.05, 0) is 35.9 Å².